The van der Waals surface area contributed by atoms with Crippen molar-refractivity contribution in [3.63, 3.8) is 0 Å². The second-order valence-electron chi connectivity index (χ2n) is 8.84. The summed E-state index contributed by atoms with van der Waals surface area (Å²) in [5, 5.41) is 3.77. The lowest BCUT2D eigenvalue weighted by Gasteiger charge is -2.28. The van der Waals surface area contributed by atoms with Crippen LogP contribution in [0, 0.1) is 19.7 Å². The Morgan fingerprint density at radius 3 is 2.62 bits per heavy atom. The average Bonchev–Trinajstić information content (AvgIpc) is 2.81. The number of ether oxygens (including phenoxy) is 1. The van der Waals surface area contributed by atoms with Crippen LogP contribution in [0.2, 0.25) is 0 Å². The van der Waals surface area contributed by atoms with Crippen LogP contribution >= 0.6 is 0 Å². The third-order valence-corrected chi connectivity index (χ3v) is 6.12. The fourth-order valence-electron chi connectivity index (χ4n) is 4.35. The van der Waals surface area contributed by atoms with Crippen LogP contribution in [-0.2, 0) is 11.3 Å². The molecule has 0 aliphatic carbocycles. The van der Waals surface area contributed by atoms with Crippen molar-refractivity contribution in [2.45, 2.75) is 26.8 Å². The molecule has 2 aromatic carbocycles. The summed E-state index contributed by atoms with van der Waals surface area (Å²) in [5.41, 5.74) is 3.76. The Labute approximate surface area is 198 Å². The van der Waals surface area contributed by atoms with E-state index in [9.17, 15) is 14.0 Å². The second kappa shape index (κ2) is 10.8. The van der Waals surface area contributed by atoms with Crippen molar-refractivity contribution in [3.05, 3.63) is 75.3 Å². The predicted octanol–water partition coefficient (Wildman–Crippen LogP) is 4.04. The molecule has 2 amide bonds. The van der Waals surface area contributed by atoms with Gasteiger partial charge in [-0.1, -0.05) is 11.6 Å². The second-order valence-corrected chi connectivity index (χ2v) is 8.84. The summed E-state index contributed by atoms with van der Waals surface area (Å²) in [4.78, 5) is 32.9. The molecule has 0 radical (unpaired) electrons. The first-order valence-electron chi connectivity index (χ1n) is 11.6. The predicted molar refractivity (Wildman–Crippen MR) is 132 cm³/mol. The summed E-state index contributed by atoms with van der Waals surface area (Å²) in [6.45, 7) is 8.69. The lowest BCUT2D eigenvalue weighted by atomic mass is 10.1. The van der Waals surface area contributed by atoms with Gasteiger partial charge in [0.05, 0.1) is 25.3 Å². The van der Waals surface area contributed by atoms with E-state index in [0.717, 1.165) is 61.3 Å². The van der Waals surface area contributed by atoms with E-state index in [4.69, 9.17) is 4.74 Å². The fourth-order valence-corrected chi connectivity index (χ4v) is 4.35. The number of morpholine rings is 1. The third kappa shape index (κ3) is 6.01. The average molecular weight is 467 g/mol. The number of aromatic amines is 1. The highest BCUT2D eigenvalue weighted by Crippen LogP contribution is 2.19. The molecular formula is C26H31FN4O3. The highest BCUT2D eigenvalue weighted by molar-refractivity contribution is 5.89. The van der Waals surface area contributed by atoms with Gasteiger partial charge in [0.1, 0.15) is 5.82 Å². The molecule has 3 aromatic rings. The van der Waals surface area contributed by atoms with Crippen LogP contribution in [0.5, 0.6) is 0 Å². The molecular weight excluding hydrogens is 435 g/mol. The maximum atomic E-state index is 13.3. The van der Waals surface area contributed by atoms with Crippen molar-refractivity contribution in [2.24, 2.45) is 0 Å². The van der Waals surface area contributed by atoms with Crippen LogP contribution in [0.4, 0.5) is 14.9 Å². The molecule has 4 rings (SSSR count). The number of pyridine rings is 1. The molecule has 1 fully saturated rings. The maximum absolute atomic E-state index is 13.3. The summed E-state index contributed by atoms with van der Waals surface area (Å²) < 4.78 is 18.7. The van der Waals surface area contributed by atoms with Gasteiger partial charge in [-0.25, -0.2) is 9.18 Å². The van der Waals surface area contributed by atoms with E-state index < -0.39 is 0 Å². The van der Waals surface area contributed by atoms with E-state index in [0.29, 0.717) is 17.8 Å². The first-order valence-corrected chi connectivity index (χ1v) is 11.6. The summed E-state index contributed by atoms with van der Waals surface area (Å²) in [5.74, 6) is -0.367. The fraction of sp³-hybridized carbons (Fsp3) is 0.385. The number of carbonyl (C=O) groups excluding carboxylic acids is 1. The van der Waals surface area contributed by atoms with Crippen LogP contribution in [0.15, 0.2) is 47.3 Å². The zero-order valence-electron chi connectivity index (χ0n) is 19.7. The van der Waals surface area contributed by atoms with Gasteiger partial charge in [0.25, 0.3) is 5.56 Å². The molecule has 0 saturated carbocycles. The largest absolute Gasteiger partial charge is 0.379 e. The van der Waals surface area contributed by atoms with E-state index in [1.165, 1.54) is 24.3 Å². The van der Waals surface area contributed by atoms with Gasteiger partial charge < -0.3 is 19.9 Å². The number of hydrogen-bond acceptors (Lipinski definition) is 4. The highest BCUT2D eigenvalue weighted by atomic mass is 19.1. The maximum Gasteiger partial charge on any atom is 0.322 e. The van der Waals surface area contributed by atoms with Gasteiger partial charge >= 0.3 is 6.03 Å². The SMILES string of the molecule is Cc1cc(C)c2[nH]c(=O)c(CN(CCCN3CCOCC3)C(=O)Nc3ccc(F)cc3)cc2c1. The number of halogens is 1. The van der Waals surface area contributed by atoms with Crippen molar-refractivity contribution in [1.82, 2.24) is 14.8 Å². The number of nitrogens with one attached hydrogen (secondary N) is 2. The smallest absolute Gasteiger partial charge is 0.322 e. The van der Waals surface area contributed by atoms with Crippen LogP contribution in [-0.4, -0.2) is 60.2 Å². The lowest BCUT2D eigenvalue weighted by molar-refractivity contribution is 0.0365. The van der Waals surface area contributed by atoms with Crippen LogP contribution in [0.25, 0.3) is 10.9 Å². The third-order valence-electron chi connectivity index (χ3n) is 6.12. The lowest BCUT2D eigenvalue weighted by Crippen LogP contribution is -2.40. The van der Waals surface area contributed by atoms with Gasteiger partial charge in [0.15, 0.2) is 0 Å². The minimum absolute atomic E-state index is 0.175. The Morgan fingerprint density at radius 1 is 1.15 bits per heavy atom. The molecule has 0 atom stereocenters. The summed E-state index contributed by atoms with van der Waals surface area (Å²) in [6, 6.07) is 11.3. The summed E-state index contributed by atoms with van der Waals surface area (Å²) >= 11 is 0. The Kier molecular flexibility index (Phi) is 7.59. The van der Waals surface area contributed by atoms with Gasteiger partial charge in [-0.05, 0) is 67.6 Å². The topological polar surface area (TPSA) is 77.7 Å². The number of nitrogens with zero attached hydrogens (tertiary/aromatic N) is 2. The molecule has 1 aromatic heterocycles. The molecule has 2 heterocycles. The van der Waals surface area contributed by atoms with Gasteiger partial charge in [-0.3, -0.25) is 9.69 Å². The number of hydrogen-bond donors (Lipinski definition) is 2. The molecule has 8 heteroatoms. The monoisotopic (exact) mass is 466 g/mol. The molecule has 2 N–H and O–H groups in total. The van der Waals surface area contributed by atoms with Crippen LogP contribution in [0.1, 0.15) is 23.1 Å². The number of urea groups is 1. The van der Waals surface area contributed by atoms with Crippen LogP contribution < -0.4 is 10.9 Å². The Bertz CT molecular complexity index is 1200. The molecule has 1 aliphatic heterocycles. The van der Waals surface area contributed by atoms with Crippen molar-refractivity contribution in [3.8, 4) is 0 Å². The Balaban J connectivity index is 1.53. The van der Waals surface area contributed by atoms with E-state index >= 15 is 0 Å². The van der Waals surface area contributed by atoms with E-state index in [1.54, 1.807) is 4.90 Å². The van der Waals surface area contributed by atoms with Gasteiger partial charge in [-0.15, -0.1) is 0 Å². The molecule has 1 aliphatic rings. The number of aromatic nitrogens is 1. The number of fused-ring (bicyclic) bond motifs is 1. The number of rotatable bonds is 7. The normalized spacial score (nSPS) is 14.3. The first kappa shape index (κ1) is 23.9. The highest BCUT2D eigenvalue weighted by Gasteiger charge is 2.18. The minimum Gasteiger partial charge on any atom is -0.379 e. The van der Waals surface area contributed by atoms with E-state index in [-0.39, 0.29) is 24.0 Å². The number of anilines is 1. The molecule has 7 nitrogen and oxygen atoms in total. The molecule has 180 valence electrons. The first-order chi connectivity index (χ1) is 16.4. The number of aryl methyl sites for hydroxylation is 2. The molecule has 1 saturated heterocycles. The van der Waals surface area contributed by atoms with Crippen molar-refractivity contribution in [1.29, 1.82) is 0 Å². The van der Waals surface area contributed by atoms with Gasteiger partial charge in [-0.2, -0.15) is 0 Å². The van der Waals surface area contributed by atoms with Crippen molar-refractivity contribution in [2.75, 3.05) is 44.7 Å². The number of benzene rings is 2. The summed E-state index contributed by atoms with van der Waals surface area (Å²) in [6.07, 6.45) is 0.764. The molecule has 0 bridgehead atoms. The zero-order valence-corrected chi connectivity index (χ0v) is 19.7. The van der Waals surface area contributed by atoms with E-state index in [2.05, 4.69) is 15.2 Å². The minimum atomic E-state index is -0.367. The van der Waals surface area contributed by atoms with Crippen molar-refractivity contribution >= 4 is 22.6 Å². The van der Waals surface area contributed by atoms with Crippen LogP contribution in [0.3, 0.4) is 0 Å². The van der Waals surface area contributed by atoms with Gasteiger partial charge in [0.2, 0.25) is 0 Å². The van der Waals surface area contributed by atoms with Crippen molar-refractivity contribution < 1.29 is 13.9 Å². The molecule has 0 unspecified atom stereocenters. The molecule has 0 spiro atoms. The Hall–Kier alpha value is -3.23. The number of H-pyrrole nitrogens is 1. The zero-order chi connectivity index (χ0) is 24.1. The summed E-state index contributed by atoms with van der Waals surface area (Å²) in [7, 11) is 0. The number of carbonyl (C=O) groups is 1. The standard InChI is InChI=1S/C26H31FN4O3/c1-18-14-19(2)24-20(15-18)16-21(25(32)29-24)17-31(9-3-8-30-10-12-34-13-11-30)26(33)28-23-6-4-22(27)5-7-23/h4-7,14-16H,3,8-13,17H2,1-2H3,(H,28,33)(H,29,32). The Morgan fingerprint density at radius 2 is 1.88 bits per heavy atom. The molecule has 34 heavy (non-hydrogen) atoms. The number of amides is 2. The van der Waals surface area contributed by atoms with Gasteiger partial charge in [0, 0.05) is 37.4 Å². The quantitative estimate of drug-likeness (QED) is 0.551. The van der Waals surface area contributed by atoms with E-state index in [1.807, 2.05) is 32.0 Å².